The maximum atomic E-state index is 12.8. The molecule has 0 saturated heterocycles. The number of alkyl carbamates (subject to hydrolysis) is 1. The minimum absolute atomic E-state index is 0.0814. The van der Waals surface area contributed by atoms with Gasteiger partial charge in [0.05, 0.1) is 0 Å². The number of unbranched alkanes of at least 4 members (excludes halogenated alkanes) is 1. The molecule has 182 valence electrons. The van der Waals surface area contributed by atoms with Crippen LogP contribution in [0.5, 0.6) is 0 Å². The number of carbonyl (C=O) groups excluding carboxylic acids is 2. The van der Waals surface area contributed by atoms with Gasteiger partial charge in [0, 0.05) is 5.92 Å². The summed E-state index contributed by atoms with van der Waals surface area (Å²) >= 11 is 1.54. The van der Waals surface area contributed by atoms with Gasteiger partial charge in [0.2, 0.25) is 5.91 Å². The summed E-state index contributed by atoms with van der Waals surface area (Å²) < 4.78 is 5.56. The summed E-state index contributed by atoms with van der Waals surface area (Å²) in [5.74, 6) is -1.03. The molecule has 2 atom stereocenters. The van der Waals surface area contributed by atoms with E-state index >= 15 is 0 Å². The quantitative estimate of drug-likeness (QED) is 0.412. The van der Waals surface area contributed by atoms with Crippen LogP contribution in [0.15, 0.2) is 48.5 Å². The smallest absolute Gasteiger partial charge is 0.407 e. The zero-order valence-electron chi connectivity index (χ0n) is 19.6. The summed E-state index contributed by atoms with van der Waals surface area (Å²) in [6.07, 6.45) is 3.45. The van der Waals surface area contributed by atoms with Crippen molar-refractivity contribution in [3.05, 3.63) is 59.7 Å². The van der Waals surface area contributed by atoms with Crippen LogP contribution in [-0.4, -0.2) is 53.8 Å². The van der Waals surface area contributed by atoms with E-state index in [0.29, 0.717) is 25.0 Å². The van der Waals surface area contributed by atoms with Gasteiger partial charge in [-0.1, -0.05) is 68.3 Å². The van der Waals surface area contributed by atoms with E-state index in [1.165, 1.54) is 0 Å². The number of rotatable bonds is 12. The monoisotopic (exact) mass is 484 g/mol. The standard InChI is InChI=1S/C26H32N2O5S/c1-3-4-13-23(25(30)31)27-24(29)22(14-15-34-2)28-26(32)33-16-21-19-11-7-5-9-17(19)18-10-6-8-12-20(18)21/h5-12,21-23H,3-4,13-16H2,1-2H3,(H,27,29)(H,28,32)(H,30,31)/t22-,23-/m0/s1. The normalized spacial score (nSPS) is 13.9. The Bertz CT molecular complexity index is 967. The number of benzene rings is 2. The van der Waals surface area contributed by atoms with Gasteiger partial charge in [0.15, 0.2) is 0 Å². The van der Waals surface area contributed by atoms with Gasteiger partial charge in [-0.05, 0) is 47.1 Å². The minimum Gasteiger partial charge on any atom is -0.480 e. The Balaban J connectivity index is 1.64. The van der Waals surface area contributed by atoms with Gasteiger partial charge in [0.25, 0.3) is 0 Å². The molecule has 0 bridgehead atoms. The van der Waals surface area contributed by atoms with Crippen molar-refractivity contribution in [2.45, 2.75) is 50.6 Å². The second kappa shape index (κ2) is 12.5. The highest BCUT2D eigenvalue weighted by Gasteiger charge is 2.30. The maximum Gasteiger partial charge on any atom is 0.407 e. The largest absolute Gasteiger partial charge is 0.480 e. The van der Waals surface area contributed by atoms with Gasteiger partial charge in [-0.25, -0.2) is 9.59 Å². The Morgan fingerprint density at radius 3 is 2.15 bits per heavy atom. The molecular weight excluding hydrogens is 452 g/mol. The Kier molecular flexibility index (Phi) is 9.39. The third-order valence-corrected chi connectivity index (χ3v) is 6.67. The number of nitrogens with one attached hydrogen (secondary N) is 2. The predicted molar refractivity (Wildman–Crippen MR) is 134 cm³/mol. The van der Waals surface area contributed by atoms with Crippen LogP contribution in [-0.2, 0) is 14.3 Å². The molecule has 0 fully saturated rings. The van der Waals surface area contributed by atoms with Crippen molar-refractivity contribution in [1.29, 1.82) is 0 Å². The van der Waals surface area contributed by atoms with Crippen molar-refractivity contribution < 1.29 is 24.2 Å². The molecule has 3 rings (SSSR count). The van der Waals surface area contributed by atoms with E-state index in [1.54, 1.807) is 11.8 Å². The molecule has 8 heteroatoms. The van der Waals surface area contributed by atoms with Crippen LogP contribution in [0.1, 0.15) is 49.7 Å². The Morgan fingerprint density at radius 1 is 0.971 bits per heavy atom. The molecule has 0 unspecified atom stereocenters. The highest BCUT2D eigenvalue weighted by molar-refractivity contribution is 7.98. The number of carboxylic acids is 1. The molecule has 2 aromatic rings. The van der Waals surface area contributed by atoms with Crippen LogP contribution in [0.25, 0.3) is 11.1 Å². The number of carbonyl (C=O) groups is 3. The molecule has 0 heterocycles. The van der Waals surface area contributed by atoms with E-state index < -0.39 is 30.1 Å². The number of hydrogen-bond acceptors (Lipinski definition) is 5. The van der Waals surface area contributed by atoms with Crippen molar-refractivity contribution in [3.63, 3.8) is 0 Å². The lowest BCUT2D eigenvalue weighted by molar-refractivity contribution is -0.142. The van der Waals surface area contributed by atoms with Crippen LogP contribution >= 0.6 is 11.8 Å². The van der Waals surface area contributed by atoms with Crippen molar-refractivity contribution in [2.75, 3.05) is 18.6 Å². The van der Waals surface area contributed by atoms with Crippen LogP contribution in [0.2, 0.25) is 0 Å². The van der Waals surface area contributed by atoms with Crippen LogP contribution in [0.4, 0.5) is 4.79 Å². The number of hydrogen-bond donors (Lipinski definition) is 3. The molecule has 2 amide bonds. The molecule has 1 aliphatic rings. The fourth-order valence-electron chi connectivity index (χ4n) is 4.22. The summed E-state index contributed by atoms with van der Waals surface area (Å²) in [6.45, 7) is 2.10. The number of thioether (sulfide) groups is 1. The van der Waals surface area contributed by atoms with E-state index in [9.17, 15) is 19.5 Å². The fraction of sp³-hybridized carbons (Fsp3) is 0.423. The van der Waals surface area contributed by atoms with Crippen LogP contribution in [0.3, 0.4) is 0 Å². The lowest BCUT2D eigenvalue weighted by Crippen LogP contribution is -2.52. The molecule has 0 spiro atoms. The number of fused-ring (bicyclic) bond motifs is 3. The van der Waals surface area contributed by atoms with Gasteiger partial charge in [-0.2, -0.15) is 11.8 Å². The van der Waals surface area contributed by atoms with Gasteiger partial charge in [-0.3, -0.25) is 4.79 Å². The Labute approximate surface area is 204 Å². The molecule has 3 N–H and O–H groups in total. The molecule has 0 aromatic heterocycles. The second-order valence-corrected chi connectivity index (χ2v) is 9.33. The van der Waals surface area contributed by atoms with Crippen molar-refractivity contribution in [1.82, 2.24) is 10.6 Å². The van der Waals surface area contributed by atoms with Crippen molar-refractivity contribution >= 4 is 29.7 Å². The Morgan fingerprint density at radius 2 is 1.59 bits per heavy atom. The van der Waals surface area contributed by atoms with E-state index in [0.717, 1.165) is 28.7 Å². The van der Waals surface area contributed by atoms with E-state index in [4.69, 9.17) is 4.74 Å². The minimum atomic E-state index is -1.08. The van der Waals surface area contributed by atoms with E-state index in [1.807, 2.05) is 49.6 Å². The molecule has 2 aromatic carbocycles. The van der Waals surface area contributed by atoms with E-state index in [2.05, 4.69) is 22.8 Å². The first kappa shape index (κ1) is 25.6. The topological polar surface area (TPSA) is 105 Å². The molecule has 1 aliphatic carbocycles. The number of carboxylic acid groups (broad SMARTS) is 1. The molecule has 0 aliphatic heterocycles. The number of aliphatic carboxylic acids is 1. The lowest BCUT2D eigenvalue weighted by atomic mass is 9.98. The van der Waals surface area contributed by atoms with Gasteiger partial charge in [-0.15, -0.1) is 0 Å². The lowest BCUT2D eigenvalue weighted by Gasteiger charge is -2.22. The zero-order chi connectivity index (χ0) is 24.5. The van der Waals surface area contributed by atoms with Crippen LogP contribution < -0.4 is 10.6 Å². The van der Waals surface area contributed by atoms with Crippen molar-refractivity contribution in [2.24, 2.45) is 0 Å². The van der Waals surface area contributed by atoms with Crippen LogP contribution in [0, 0.1) is 0 Å². The average Bonchev–Trinajstić information content (AvgIpc) is 3.16. The van der Waals surface area contributed by atoms with Gasteiger partial charge in [0.1, 0.15) is 18.7 Å². The zero-order valence-corrected chi connectivity index (χ0v) is 20.4. The van der Waals surface area contributed by atoms with Gasteiger partial charge >= 0.3 is 12.1 Å². The maximum absolute atomic E-state index is 12.8. The first-order valence-corrected chi connectivity index (χ1v) is 13.0. The summed E-state index contributed by atoms with van der Waals surface area (Å²) in [7, 11) is 0. The number of amides is 2. The Hall–Kier alpha value is -3.00. The predicted octanol–water partition coefficient (Wildman–Crippen LogP) is 4.41. The first-order chi connectivity index (χ1) is 16.5. The first-order valence-electron chi connectivity index (χ1n) is 11.6. The summed E-state index contributed by atoms with van der Waals surface area (Å²) in [4.78, 5) is 37.0. The second-order valence-electron chi connectivity index (χ2n) is 8.35. The molecule has 7 nitrogen and oxygen atoms in total. The highest BCUT2D eigenvalue weighted by atomic mass is 32.2. The fourth-order valence-corrected chi connectivity index (χ4v) is 4.70. The third kappa shape index (κ3) is 6.32. The van der Waals surface area contributed by atoms with Gasteiger partial charge < -0.3 is 20.5 Å². The van der Waals surface area contributed by atoms with E-state index in [-0.39, 0.29) is 12.5 Å². The summed E-state index contributed by atoms with van der Waals surface area (Å²) in [5.41, 5.74) is 4.48. The van der Waals surface area contributed by atoms with Crippen molar-refractivity contribution in [3.8, 4) is 11.1 Å². The molecular formula is C26H32N2O5S. The summed E-state index contributed by atoms with van der Waals surface area (Å²) in [6, 6.07) is 14.3. The molecule has 34 heavy (non-hydrogen) atoms. The highest BCUT2D eigenvalue weighted by Crippen LogP contribution is 2.44. The molecule has 0 radical (unpaired) electrons. The number of ether oxygens (including phenoxy) is 1. The third-order valence-electron chi connectivity index (χ3n) is 6.02. The average molecular weight is 485 g/mol. The SMILES string of the molecule is CCCC[C@H](NC(=O)[C@H](CCSC)NC(=O)OCC1c2ccccc2-c2ccccc21)C(=O)O. The summed E-state index contributed by atoms with van der Waals surface area (Å²) in [5, 5.41) is 14.6. The molecule has 0 saturated carbocycles.